The first kappa shape index (κ1) is 17.4. The lowest BCUT2D eigenvalue weighted by Crippen LogP contribution is -2.39. The number of nitrogens with zero attached hydrogens (tertiary/aromatic N) is 2. The van der Waals surface area contributed by atoms with Gasteiger partial charge in [0.15, 0.2) is 0 Å². The molecular formula is C13H16Cl2N4O2. The quantitative estimate of drug-likeness (QED) is 0.871. The predicted octanol–water partition coefficient (Wildman–Crippen LogP) is 1.82. The van der Waals surface area contributed by atoms with E-state index in [0.29, 0.717) is 29.7 Å². The first-order valence-electron chi connectivity index (χ1n) is 6.18. The van der Waals surface area contributed by atoms with E-state index in [1.54, 1.807) is 19.1 Å². The molecule has 1 aromatic heterocycles. The summed E-state index contributed by atoms with van der Waals surface area (Å²) in [6.07, 6.45) is 0.457. The second kappa shape index (κ2) is 7.97. The van der Waals surface area contributed by atoms with Crippen LogP contribution in [-0.2, 0) is 11.2 Å². The Morgan fingerprint density at radius 1 is 1.43 bits per heavy atom. The molecule has 0 aliphatic heterocycles. The molecule has 0 saturated heterocycles. The van der Waals surface area contributed by atoms with Gasteiger partial charge in [-0.25, -0.2) is 0 Å². The summed E-state index contributed by atoms with van der Waals surface area (Å²) in [6, 6.07) is 6.62. The predicted molar refractivity (Wildman–Crippen MR) is 82.4 cm³/mol. The standard InChI is InChI=1S/C13H15ClN4O2.ClH/c1-8(15)13(19)16-7-6-11-17-12(18-20-11)9-2-4-10(14)5-3-9;/h2-5,8H,6-7,15H2,1H3,(H,16,19);1H/t8-;/m1./s1. The van der Waals surface area contributed by atoms with Gasteiger partial charge >= 0.3 is 0 Å². The maximum absolute atomic E-state index is 11.3. The molecular weight excluding hydrogens is 315 g/mol. The summed E-state index contributed by atoms with van der Waals surface area (Å²) < 4.78 is 5.11. The molecule has 0 fully saturated rings. The Kier molecular flexibility index (Phi) is 6.61. The third-order valence-electron chi connectivity index (χ3n) is 2.62. The summed E-state index contributed by atoms with van der Waals surface area (Å²) in [7, 11) is 0. The summed E-state index contributed by atoms with van der Waals surface area (Å²) >= 11 is 5.81. The van der Waals surface area contributed by atoms with E-state index in [1.807, 2.05) is 12.1 Å². The third-order valence-corrected chi connectivity index (χ3v) is 2.87. The summed E-state index contributed by atoms with van der Waals surface area (Å²) in [5.74, 6) is 0.748. The molecule has 1 atom stereocenters. The highest BCUT2D eigenvalue weighted by atomic mass is 35.5. The maximum Gasteiger partial charge on any atom is 0.236 e. The van der Waals surface area contributed by atoms with Crippen LogP contribution in [0.5, 0.6) is 0 Å². The topological polar surface area (TPSA) is 94.0 Å². The van der Waals surface area contributed by atoms with Crippen molar-refractivity contribution in [2.75, 3.05) is 6.54 Å². The summed E-state index contributed by atoms with van der Waals surface area (Å²) in [5, 5.41) is 7.21. The fraction of sp³-hybridized carbons (Fsp3) is 0.308. The van der Waals surface area contributed by atoms with Crippen LogP contribution in [0, 0.1) is 0 Å². The number of hydrogen-bond donors (Lipinski definition) is 2. The second-order valence-corrected chi connectivity index (χ2v) is 4.78. The molecule has 21 heavy (non-hydrogen) atoms. The number of nitrogens with two attached hydrogens (primary N) is 1. The van der Waals surface area contributed by atoms with Crippen molar-refractivity contribution in [1.82, 2.24) is 15.5 Å². The number of nitrogens with one attached hydrogen (secondary N) is 1. The number of hydrogen-bond acceptors (Lipinski definition) is 5. The lowest BCUT2D eigenvalue weighted by atomic mass is 10.2. The summed E-state index contributed by atoms with van der Waals surface area (Å²) in [5.41, 5.74) is 6.26. The van der Waals surface area contributed by atoms with E-state index >= 15 is 0 Å². The molecule has 0 aliphatic rings. The molecule has 3 N–H and O–H groups in total. The Morgan fingerprint density at radius 2 is 2.10 bits per heavy atom. The van der Waals surface area contributed by atoms with Crippen molar-refractivity contribution in [2.24, 2.45) is 5.73 Å². The number of aromatic nitrogens is 2. The van der Waals surface area contributed by atoms with Crippen molar-refractivity contribution in [3.05, 3.63) is 35.2 Å². The van der Waals surface area contributed by atoms with Gasteiger partial charge in [-0.2, -0.15) is 4.98 Å². The fourth-order valence-electron chi connectivity index (χ4n) is 1.53. The van der Waals surface area contributed by atoms with Gasteiger partial charge in [-0.3, -0.25) is 4.79 Å². The maximum atomic E-state index is 11.3. The molecule has 6 nitrogen and oxygen atoms in total. The average Bonchev–Trinajstić information content (AvgIpc) is 2.88. The highest BCUT2D eigenvalue weighted by Gasteiger charge is 2.10. The number of carbonyl (C=O) groups is 1. The van der Waals surface area contributed by atoms with Crippen molar-refractivity contribution >= 4 is 29.9 Å². The van der Waals surface area contributed by atoms with Crippen LogP contribution < -0.4 is 11.1 Å². The van der Waals surface area contributed by atoms with Gasteiger partial charge in [-0.1, -0.05) is 16.8 Å². The third kappa shape index (κ3) is 5.00. The number of amides is 1. The van der Waals surface area contributed by atoms with Gasteiger partial charge in [0.1, 0.15) is 0 Å². The molecule has 2 aromatic rings. The minimum absolute atomic E-state index is 0. The van der Waals surface area contributed by atoms with Gasteiger partial charge in [-0.05, 0) is 31.2 Å². The van der Waals surface area contributed by atoms with Crippen molar-refractivity contribution in [2.45, 2.75) is 19.4 Å². The van der Waals surface area contributed by atoms with Gasteiger partial charge in [0.2, 0.25) is 17.6 Å². The van der Waals surface area contributed by atoms with E-state index in [4.69, 9.17) is 21.9 Å². The van der Waals surface area contributed by atoms with E-state index in [0.717, 1.165) is 5.56 Å². The van der Waals surface area contributed by atoms with Crippen molar-refractivity contribution in [3.8, 4) is 11.4 Å². The molecule has 0 bridgehead atoms. The Hall–Kier alpha value is -1.63. The number of benzene rings is 1. The Morgan fingerprint density at radius 3 is 2.71 bits per heavy atom. The van der Waals surface area contributed by atoms with Crippen LogP contribution in [0.15, 0.2) is 28.8 Å². The zero-order chi connectivity index (χ0) is 14.5. The van der Waals surface area contributed by atoms with E-state index in [2.05, 4.69) is 15.5 Å². The van der Waals surface area contributed by atoms with Crippen LogP contribution in [0.4, 0.5) is 0 Å². The zero-order valence-corrected chi connectivity index (χ0v) is 12.9. The Bertz CT molecular complexity index is 584. The highest BCUT2D eigenvalue weighted by Crippen LogP contribution is 2.18. The first-order valence-corrected chi connectivity index (χ1v) is 6.56. The number of halogens is 2. The van der Waals surface area contributed by atoms with Gasteiger partial charge in [0, 0.05) is 23.6 Å². The van der Waals surface area contributed by atoms with Gasteiger partial charge < -0.3 is 15.6 Å². The molecule has 114 valence electrons. The van der Waals surface area contributed by atoms with Crippen molar-refractivity contribution < 1.29 is 9.32 Å². The molecule has 0 aliphatic carbocycles. The van der Waals surface area contributed by atoms with E-state index in [9.17, 15) is 4.79 Å². The van der Waals surface area contributed by atoms with Gasteiger partial charge in [-0.15, -0.1) is 12.4 Å². The van der Waals surface area contributed by atoms with Crippen LogP contribution in [0.2, 0.25) is 5.02 Å². The minimum Gasteiger partial charge on any atom is -0.354 e. The molecule has 8 heteroatoms. The Labute approximate surface area is 133 Å². The average molecular weight is 331 g/mol. The molecule has 1 aromatic carbocycles. The SMILES string of the molecule is C[C@@H](N)C(=O)NCCc1nc(-c2ccc(Cl)cc2)no1.Cl. The van der Waals surface area contributed by atoms with Crippen LogP contribution in [0.3, 0.4) is 0 Å². The second-order valence-electron chi connectivity index (χ2n) is 4.35. The zero-order valence-electron chi connectivity index (χ0n) is 11.4. The molecule has 0 saturated carbocycles. The van der Waals surface area contributed by atoms with E-state index in [1.165, 1.54) is 0 Å². The smallest absolute Gasteiger partial charge is 0.236 e. The lowest BCUT2D eigenvalue weighted by Gasteiger charge is -2.05. The van der Waals surface area contributed by atoms with Crippen LogP contribution in [-0.4, -0.2) is 28.6 Å². The lowest BCUT2D eigenvalue weighted by molar-refractivity contribution is -0.121. The van der Waals surface area contributed by atoms with Crippen LogP contribution in [0.25, 0.3) is 11.4 Å². The van der Waals surface area contributed by atoms with E-state index in [-0.39, 0.29) is 18.3 Å². The molecule has 1 heterocycles. The molecule has 0 unspecified atom stereocenters. The fourth-order valence-corrected chi connectivity index (χ4v) is 1.65. The highest BCUT2D eigenvalue weighted by molar-refractivity contribution is 6.30. The summed E-state index contributed by atoms with van der Waals surface area (Å²) in [4.78, 5) is 15.5. The van der Waals surface area contributed by atoms with Gasteiger partial charge in [0.25, 0.3) is 0 Å². The molecule has 0 spiro atoms. The van der Waals surface area contributed by atoms with E-state index < -0.39 is 6.04 Å². The minimum atomic E-state index is -0.526. The molecule has 2 rings (SSSR count). The Balaban J connectivity index is 0.00000220. The monoisotopic (exact) mass is 330 g/mol. The molecule has 1 amide bonds. The normalized spacial score (nSPS) is 11.6. The van der Waals surface area contributed by atoms with Crippen molar-refractivity contribution in [1.29, 1.82) is 0 Å². The van der Waals surface area contributed by atoms with Gasteiger partial charge in [0.05, 0.1) is 6.04 Å². The number of carbonyl (C=O) groups excluding carboxylic acids is 1. The van der Waals surface area contributed by atoms with Crippen LogP contribution >= 0.6 is 24.0 Å². The number of rotatable bonds is 5. The van der Waals surface area contributed by atoms with Crippen molar-refractivity contribution in [3.63, 3.8) is 0 Å². The largest absolute Gasteiger partial charge is 0.354 e. The summed E-state index contributed by atoms with van der Waals surface area (Å²) in [6.45, 7) is 2.03. The molecule has 0 radical (unpaired) electrons. The first-order chi connectivity index (χ1) is 9.56. The van der Waals surface area contributed by atoms with Crippen LogP contribution in [0.1, 0.15) is 12.8 Å².